The summed E-state index contributed by atoms with van der Waals surface area (Å²) in [5.41, 5.74) is 0.449. The molecule has 0 saturated heterocycles. The minimum absolute atomic E-state index is 0.0622. The molecule has 8 heteroatoms. The normalized spacial score (nSPS) is 13.2. The molecule has 0 aliphatic rings. The minimum Gasteiger partial charge on any atom is -0.493 e. The maximum Gasteiger partial charge on any atom is 0.340 e. The Morgan fingerprint density at radius 3 is 2.25 bits per heavy atom. The Morgan fingerprint density at radius 1 is 1.14 bits per heavy atom. The molecule has 0 fully saturated rings. The van der Waals surface area contributed by atoms with Crippen molar-refractivity contribution in [2.75, 3.05) is 27.3 Å². The average molecular weight is 393 g/mol. The van der Waals surface area contributed by atoms with Gasteiger partial charge < -0.3 is 29.0 Å². The van der Waals surface area contributed by atoms with Crippen molar-refractivity contribution in [3.8, 4) is 11.5 Å². The van der Waals surface area contributed by atoms with Gasteiger partial charge in [-0.25, -0.2) is 4.79 Å². The molecular formula is C20H27NO7. The highest BCUT2D eigenvalue weighted by atomic mass is 16.5. The summed E-state index contributed by atoms with van der Waals surface area (Å²) in [6.45, 7) is 4.97. The van der Waals surface area contributed by atoms with Crippen LogP contribution >= 0.6 is 0 Å². The second-order valence-electron chi connectivity index (χ2n) is 6.84. The van der Waals surface area contributed by atoms with E-state index >= 15 is 0 Å². The van der Waals surface area contributed by atoms with E-state index in [0.717, 1.165) is 0 Å². The maximum absolute atomic E-state index is 12.7. The highest BCUT2D eigenvalue weighted by Crippen LogP contribution is 2.36. The number of amides is 1. The van der Waals surface area contributed by atoms with Gasteiger partial charge in [0.1, 0.15) is 0 Å². The summed E-state index contributed by atoms with van der Waals surface area (Å²) in [5, 5.41) is 19.9. The fourth-order valence-corrected chi connectivity index (χ4v) is 3.15. The van der Waals surface area contributed by atoms with Crippen LogP contribution in [-0.2, 0) is 11.2 Å². The molecule has 28 heavy (non-hydrogen) atoms. The Hall–Kier alpha value is -2.58. The number of methoxy groups -OCH3 is 2. The zero-order chi connectivity index (χ0) is 21.0. The molecule has 2 rings (SSSR count). The van der Waals surface area contributed by atoms with Crippen molar-refractivity contribution in [1.29, 1.82) is 0 Å². The van der Waals surface area contributed by atoms with E-state index in [1.807, 2.05) is 0 Å². The van der Waals surface area contributed by atoms with Crippen molar-refractivity contribution in [1.82, 2.24) is 4.90 Å². The van der Waals surface area contributed by atoms with Gasteiger partial charge in [-0.3, -0.25) is 4.79 Å². The number of hydrogen-bond acceptors (Lipinski definition) is 7. The summed E-state index contributed by atoms with van der Waals surface area (Å²) in [4.78, 5) is 26.7. The lowest BCUT2D eigenvalue weighted by atomic mass is 10.0. The van der Waals surface area contributed by atoms with E-state index in [2.05, 4.69) is 0 Å². The van der Waals surface area contributed by atoms with E-state index in [9.17, 15) is 19.8 Å². The van der Waals surface area contributed by atoms with Gasteiger partial charge in [-0.2, -0.15) is 0 Å². The number of ether oxygens (including phenoxy) is 2. The van der Waals surface area contributed by atoms with Crippen molar-refractivity contribution in [2.45, 2.75) is 39.4 Å². The lowest BCUT2D eigenvalue weighted by Gasteiger charge is -2.25. The third kappa shape index (κ3) is 4.63. The van der Waals surface area contributed by atoms with Crippen LogP contribution in [0.3, 0.4) is 0 Å². The summed E-state index contributed by atoms with van der Waals surface area (Å²) < 4.78 is 16.0. The molecule has 0 saturated carbocycles. The highest BCUT2D eigenvalue weighted by Gasteiger charge is 2.23. The van der Waals surface area contributed by atoms with Gasteiger partial charge in [0.05, 0.1) is 38.4 Å². The number of aliphatic hydroxyl groups is 2. The summed E-state index contributed by atoms with van der Waals surface area (Å²) in [5.74, 6) is 0.362. The van der Waals surface area contributed by atoms with Crippen molar-refractivity contribution in [3.05, 3.63) is 33.7 Å². The Kier molecular flexibility index (Phi) is 7.04. The van der Waals surface area contributed by atoms with Crippen LogP contribution in [0.15, 0.2) is 21.3 Å². The largest absolute Gasteiger partial charge is 0.493 e. The molecule has 0 bridgehead atoms. The van der Waals surface area contributed by atoms with Crippen LogP contribution in [0.5, 0.6) is 11.5 Å². The van der Waals surface area contributed by atoms with Crippen LogP contribution in [-0.4, -0.2) is 60.5 Å². The van der Waals surface area contributed by atoms with Gasteiger partial charge in [0.25, 0.3) is 0 Å². The SMILES string of the molecule is COc1ccc2c(C)c(CC(=O)N(C[C@H](C)O)C[C@@H](C)O)c(=O)oc2c1OC. The van der Waals surface area contributed by atoms with E-state index < -0.39 is 17.8 Å². The summed E-state index contributed by atoms with van der Waals surface area (Å²) >= 11 is 0. The molecule has 0 unspecified atom stereocenters. The van der Waals surface area contributed by atoms with Gasteiger partial charge in [0.2, 0.25) is 11.7 Å². The van der Waals surface area contributed by atoms with Crippen LogP contribution < -0.4 is 15.1 Å². The fraction of sp³-hybridized carbons (Fsp3) is 0.500. The first kappa shape index (κ1) is 21.7. The Labute approximate surface area is 163 Å². The predicted molar refractivity (Wildman–Crippen MR) is 104 cm³/mol. The second kappa shape index (κ2) is 9.07. The average Bonchev–Trinajstić information content (AvgIpc) is 2.62. The maximum atomic E-state index is 12.7. The Morgan fingerprint density at radius 2 is 1.75 bits per heavy atom. The van der Waals surface area contributed by atoms with Crippen LogP contribution in [0, 0.1) is 6.92 Å². The monoisotopic (exact) mass is 393 g/mol. The summed E-state index contributed by atoms with van der Waals surface area (Å²) in [6, 6.07) is 3.44. The van der Waals surface area contributed by atoms with E-state index in [1.165, 1.54) is 19.1 Å². The summed E-state index contributed by atoms with van der Waals surface area (Å²) in [7, 11) is 2.94. The van der Waals surface area contributed by atoms with Crippen molar-refractivity contribution >= 4 is 16.9 Å². The number of carbonyl (C=O) groups is 1. The molecule has 154 valence electrons. The number of fused-ring (bicyclic) bond motifs is 1. The van der Waals surface area contributed by atoms with Gasteiger partial charge in [-0.1, -0.05) is 0 Å². The molecule has 0 radical (unpaired) electrons. The molecule has 0 aliphatic heterocycles. The second-order valence-corrected chi connectivity index (χ2v) is 6.84. The lowest BCUT2D eigenvalue weighted by molar-refractivity contribution is -0.133. The zero-order valence-corrected chi connectivity index (χ0v) is 16.8. The first-order valence-corrected chi connectivity index (χ1v) is 9.00. The number of aryl methyl sites for hydroxylation is 1. The first-order chi connectivity index (χ1) is 13.2. The van der Waals surface area contributed by atoms with E-state index in [1.54, 1.807) is 32.9 Å². The zero-order valence-electron chi connectivity index (χ0n) is 16.8. The predicted octanol–water partition coefficient (Wildman–Crippen LogP) is 1.25. The van der Waals surface area contributed by atoms with Crippen LogP contribution in [0.25, 0.3) is 11.0 Å². The van der Waals surface area contributed by atoms with Crippen LogP contribution in [0.4, 0.5) is 0 Å². The van der Waals surface area contributed by atoms with Crippen molar-refractivity contribution < 1.29 is 28.9 Å². The van der Waals surface area contributed by atoms with E-state index in [-0.39, 0.29) is 36.6 Å². The first-order valence-electron chi connectivity index (χ1n) is 9.00. The third-order valence-corrected chi connectivity index (χ3v) is 4.45. The Balaban J connectivity index is 2.47. The fourth-order valence-electron chi connectivity index (χ4n) is 3.15. The minimum atomic E-state index is -0.756. The quantitative estimate of drug-likeness (QED) is 0.650. The number of hydrogen-bond donors (Lipinski definition) is 2. The molecule has 1 amide bonds. The number of aliphatic hydroxyl groups excluding tert-OH is 2. The number of rotatable bonds is 8. The molecular weight excluding hydrogens is 366 g/mol. The van der Waals surface area contributed by atoms with E-state index in [0.29, 0.717) is 22.4 Å². The molecule has 0 spiro atoms. The number of nitrogens with zero attached hydrogens (tertiary/aromatic N) is 1. The van der Waals surface area contributed by atoms with Crippen LogP contribution in [0.2, 0.25) is 0 Å². The highest BCUT2D eigenvalue weighted by molar-refractivity contribution is 5.89. The van der Waals surface area contributed by atoms with Crippen LogP contribution in [0.1, 0.15) is 25.0 Å². The standard InChI is InChI=1S/C20H27NO7/c1-11(22)9-21(10-12(2)23)17(24)8-15-13(3)14-6-7-16(26-4)19(27-5)18(14)28-20(15)25/h6-7,11-12,22-23H,8-10H2,1-5H3/t11-,12+. The van der Waals surface area contributed by atoms with E-state index in [4.69, 9.17) is 13.9 Å². The van der Waals surface area contributed by atoms with Gasteiger partial charge >= 0.3 is 5.63 Å². The summed E-state index contributed by atoms with van der Waals surface area (Å²) in [6.07, 6.45) is -1.71. The smallest absolute Gasteiger partial charge is 0.340 e. The number of carbonyl (C=O) groups excluding carboxylic acids is 1. The molecule has 2 N–H and O–H groups in total. The lowest BCUT2D eigenvalue weighted by Crippen LogP contribution is -2.42. The molecule has 2 atom stereocenters. The molecule has 1 aromatic heterocycles. The third-order valence-electron chi connectivity index (χ3n) is 4.45. The molecule has 0 aliphatic carbocycles. The van der Waals surface area contributed by atoms with Gasteiger partial charge in [0.15, 0.2) is 11.3 Å². The molecule has 2 aromatic rings. The van der Waals surface area contributed by atoms with Crippen molar-refractivity contribution in [2.24, 2.45) is 0 Å². The van der Waals surface area contributed by atoms with Gasteiger partial charge in [-0.15, -0.1) is 0 Å². The Bertz CT molecular complexity index is 892. The molecule has 1 aromatic carbocycles. The topological polar surface area (TPSA) is 109 Å². The number of benzene rings is 1. The molecule has 8 nitrogen and oxygen atoms in total. The van der Waals surface area contributed by atoms with Crippen molar-refractivity contribution in [3.63, 3.8) is 0 Å². The van der Waals surface area contributed by atoms with Gasteiger partial charge in [0, 0.05) is 18.5 Å². The van der Waals surface area contributed by atoms with Gasteiger partial charge in [-0.05, 0) is 38.5 Å². The molecule has 1 heterocycles.